The molecule has 2 aliphatic heterocycles. The summed E-state index contributed by atoms with van der Waals surface area (Å²) in [5.74, 6) is 0.653. The van der Waals surface area contributed by atoms with Gasteiger partial charge in [0.05, 0.1) is 10.8 Å². The van der Waals surface area contributed by atoms with Crippen molar-refractivity contribution in [2.45, 2.75) is 83.5 Å². The average Bonchev–Trinajstić information content (AvgIpc) is 3.42. The molecule has 45 heavy (non-hydrogen) atoms. The lowest BCUT2D eigenvalue weighted by Crippen LogP contribution is -2.36. The second kappa shape index (κ2) is 11.8. The minimum Gasteiger partial charge on any atom is -0.344 e. The van der Waals surface area contributed by atoms with Crippen molar-refractivity contribution < 1.29 is 4.58 Å². The smallest absolute Gasteiger partial charge is 0.217 e. The summed E-state index contributed by atoms with van der Waals surface area (Å²) in [6.07, 6.45) is 15.9. The molecule has 230 valence electrons. The highest BCUT2D eigenvalue weighted by molar-refractivity contribution is 6.07. The van der Waals surface area contributed by atoms with Gasteiger partial charge in [0.15, 0.2) is 5.71 Å². The Kier molecular flexibility index (Phi) is 7.80. The number of para-hydroxylation sites is 1. The number of hydrogen-bond donors (Lipinski definition) is 0. The van der Waals surface area contributed by atoms with Crippen LogP contribution in [0, 0.1) is 12.8 Å². The van der Waals surface area contributed by atoms with Crippen molar-refractivity contribution in [1.29, 1.82) is 0 Å². The van der Waals surface area contributed by atoms with Crippen LogP contribution >= 0.6 is 0 Å². The molecule has 4 aromatic carbocycles. The predicted octanol–water partition coefficient (Wildman–Crippen LogP) is 10.6. The number of fused-ring (bicyclic) bond motifs is 5. The fourth-order valence-corrected chi connectivity index (χ4v) is 8.71. The van der Waals surface area contributed by atoms with E-state index >= 15 is 0 Å². The molecule has 0 aromatic heterocycles. The van der Waals surface area contributed by atoms with Crippen LogP contribution in [-0.4, -0.2) is 23.9 Å². The fourth-order valence-electron chi connectivity index (χ4n) is 8.71. The van der Waals surface area contributed by atoms with Crippen molar-refractivity contribution in [3.63, 3.8) is 0 Å². The summed E-state index contributed by atoms with van der Waals surface area (Å²) in [4.78, 5) is 2.63. The topological polar surface area (TPSA) is 6.25 Å². The molecule has 1 saturated carbocycles. The van der Waals surface area contributed by atoms with Gasteiger partial charge >= 0.3 is 0 Å². The first-order chi connectivity index (χ1) is 21.8. The third-order valence-electron chi connectivity index (χ3n) is 11.1. The zero-order valence-electron chi connectivity index (χ0n) is 27.9. The summed E-state index contributed by atoms with van der Waals surface area (Å²) in [6, 6.07) is 32.0. The van der Waals surface area contributed by atoms with E-state index < -0.39 is 0 Å². The summed E-state index contributed by atoms with van der Waals surface area (Å²) in [5, 5.41) is 2.71. The van der Waals surface area contributed by atoms with E-state index in [4.69, 9.17) is 0 Å². The first kappa shape index (κ1) is 29.8. The second-order valence-electron chi connectivity index (χ2n) is 14.5. The van der Waals surface area contributed by atoms with Crippen molar-refractivity contribution in [2.24, 2.45) is 5.92 Å². The summed E-state index contributed by atoms with van der Waals surface area (Å²) in [5.41, 5.74) is 11.4. The van der Waals surface area contributed by atoms with Gasteiger partial charge in [0.25, 0.3) is 0 Å². The number of aryl methyl sites for hydroxylation is 1. The van der Waals surface area contributed by atoms with Crippen molar-refractivity contribution in [3.05, 3.63) is 131 Å². The monoisotopic (exact) mass is 593 g/mol. The quantitative estimate of drug-likeness (QED) is 0.193. The lowest BCUT2D eigenvalue weighted by molar-refractivity contribution is -0.400. The zero-order chi connectivity index (χ0) is 31.2. The van der Waals surface area contributed by atoms with Gasteiger partial charge in [-0.25, -0.2) is 0 Å². The molecule has 4 aromatic rings. The Morgan fingerprint density at radius 1 is 0.844 bits per heavy atom. The number of nitrogens with zero attached hydrogens (tertiary/aromatic N) is 2. The molecule has 0 amide bonds. The van der Waals surface area contributed by atoms with Crippen LogP contribution in [0.1, 0.15) is 81.5 Å². The van der Waals surface area contributed by atoms with Crippen molar-refractivity contribution in [1.82, 2.24) is 0 Å². The van der Waals surface area contributed by atoms with Gasteiger partial charge in [0.2, 0.25) is 5.69 Å². The number of rotatable bonds is 7. The number of anilines is 1. The van der Waals surface area contributed by atoms with Crippen molar-refractivity contribution in [3.8, 4) is 0 Å². The summed E-state index contributed by atoms with van der Waals surface area (Å²) < 4.78 is 2.53. The van der Waals surface area contributed by atoms with Gasteiger partial charge in [-0.1, -0.05) is 118 Å². The SMILES string of the molecule is Cc1ccc(CC2(C)/C(=C\C=C\C3=[N+](C)c4c(ccc5ccccc45)C34CCCCC4)N(CCC(C)C)c3ccccc32)cc1. The van der Waals surface area contributed by atoms with E-state index in [1.165, 1.54) is 94.3 Å². The highest BCUT2D eigenvalue weighted by atomic mass is 15.2. The van der Waals surface area contributed by atoms with Crippen LogP contribution < -0.4 is 4.90 Å². The molecule has 1 aliphatic carbocycles. The highest BCUT2D eigenvalue weighted by Gasteiger charge is 2.51. The molecule has 3 aliphatic rings. The maximum atomic E-state index is 2.63. The van der Waals surface area contributed by atoms with Gasteiger partial charge in [-0.2, -0.15) is 4.58 Å². The van der Waals surface area contributed by atoms with Crippen LogP contribution in [0.2, 0.25) is 0 Å². The Morgan fingerprint density at radius 3 is 2.36 bits per heavy atom. The maximum Gasteiger partial charge on any atom is 0.217 e. The minimum absolute atomic E-state index is 0.0997. The molecular weight excluding hydrogens is 544 g/mol. The second-order valence-corrected chi connectivity index (χ2v) is 14.5. The Bertz CT molecular complexity index is 1810. The highest BCUT2D eigenvalue weighted by Crippen LogP contribution is 2.52. The molecule has 0 saturated heterocycles. The van der Waals surface area contributed by atoms with Crippen LogP contribution in [0.5, 0.6) is 0 Å². The molecule has 2 nitrogen and oxygen atoms in total. The number of allylic oxidation sites excluding steroid dienone is 4. The molecule has 2 heterocycles. The predicted molar refractivity (Wildman–Crippen MR) is 192 cm³/mol. The Hall–Kier alpha value is -3.91. The van der Waals surface area contributed by atoms with Crippen LogP contribution in [0.15, 0.2) is 109 Å². The molecule has 1 spiro atoms. The third kappa shape index (κ3) is 5.07. The van der Waals surface area contributed by atoms with E-state index in [-0.39, 0.29) is 10.8 Å². The van der Waals surface area contributed by atoms with Crippen molar-refractivity contribution in [2.75, 3.05) is 18.5 Å². The molecule has 0 bridgehead atoms. The lowest BCUT2D eigenvalue weighted by atomic mass is 9.67. The first-order valence-electron chi connectivity index (χ1n) is 17.3. The molecule has 1 fully saturated rings. The maximum absolute atomic E-state index is 2.63. The lowest BCUT2D eigenvalue weighted by Gasteiger charge is -2.32. The summed E-state index contributed by atoms with van der Waals surface area (Å²) >= 11 is 0. The van der Waals surface area contributed by atoms with E-state index in [1.807, 2.05) is 0 Å². The first-order valence-corrected chi connectivity index (χ1v) is 17.3. The van der Waals surface area contributed by atoms with E-state index in [9.17, 15) is 0 Å². The molecule has 0 radical (unpaired) electrons. The Morgan fingerprint density at radius 2 is 1.58 bits per heavy atom. The van der Waals surface area contributed by atoms with E-state index in [2.05, 4.69) is 147 Å². The molecule has 1 atom stereocenters. The molecule has 7 rings (SSSR count). The largest absolute Gasteiger partial charge is 0.344 e. The van der Waals surface area contributed by atoms with E-state index in [1.54, 1.807) is 0 Å². The average molecular weight is 594 g/mol. The normalized spacial score (nSPS) is 21.6. The molecule has 0 N–H and O–H groups in total. The minimum atomic E-state index is -0.110. The van der Waals surface area contributed by atoms with Gasteiger partial charge in [0.1, 0.15) is 7.05 Å². The van der Waals surface area contributed by atoms with Gasteiger partial charge in [-0.15, -0.1) is 0 Å². The Labute approximate surface area is 270 Å². The standard InChI is InChI=1S/C43H49N2/c1-31(2)26-29-45-38-17-10-9-16-36(38)42(4,30-33-22-20-32(3)21-23-33)39(45)18-13-19-40-43(27-11-6-12-28-43)37-25-24-34-14-7-8-15-35(34)41(37)44(40)5/h7-10,13-25,31H,6,11-12,26-30H2,1-5H3/q+1. The van der Waals surface area contributed by atoms with Crippen LogP contribution in [0.4, 0.5) is 11.4 Å². The van der Waals surface area contributed by atoms with Gasteiger partial charge in [-0.05, 0) is 80.2 Å². The number of benzene rings is 4. The van der Waals surface area contributed by atoms with Gasteiger partial charge < -0.3 is 4.90 Å². The fraction of sp³-hybridized carbons (Fsp3) is 0.372. The van der Waals surface area contributed by atoms with Crippen molar-refractivity contribution >= 4 is 27.9 Å². The third-order valence-corrected chi connectivity index (χ3v) is 11.1. The Balaban J connectivity index is 1.34. The molecule has 1 unspecified atom stereocenters. The van der Waals surface area contributed by atoms with E-state index in [0.717, 1.165) is 13.0 Å². The van der Waals surface area contributed by atoms with Crippen LogP contribution in [-0.2, 0) is 17.3 Å². The zero-order valence-corrected chi connectivity index (χ0v) is 27.9. The van der Waals surface area contributed by atoms with Crippen LogP contribution in [0.3, 0.4) is 0 Å². The summed E-state index contributed by atoms with van der Waals surface area (Å²) in [6.45, 7) is 10.4. The number of hydrogen-bond acceptors (Lipinski definition) is 1. The molecular formula is C43H49N2+. The van der Waals surface area contributed by atoms with Gasteiger partial charge in [0, 0.05) is 35.0 Å². The van der Waals surface area contributed by atoms with E-state index in [0.29, 0.717) is 5.92 Å². The molecule has 2 heteroatoms. The van der Waals surface area contributed by atoms with Gasteiger partial charge in [-0.3, -0.25) is 0 Å². The summed E-state index contributed by atoms with van der Waals surface area (Å²) in [7, 11) is 2.31. The van der Waals surface area contributed by atoms with Crippen LogP contribution in [0.25, 0.3) is 10.8 Å².